The molecule has 0 radical (unpaired) electrons. The minimum absolute atomic E-state index is 0.231. The summed E-state index contributed by atoms with van der Waals surface area (Å²) in [6.07, 6.45) is 4.18. The average Bonchev–Trinajstić information content (AvgIpc) is 3.01. The van der Waals surface area contributed by atoms with Crippen molar-refractivity contribution >= 4 is 0 Å². The van der Waals surface area contributed by atoms with Gasteiger partial charge in [-0.3, -0.25) is 4.90 Å². The Balaban J connectivity index is 1.60. The van der Waals surface area contributed by atoms with Gasteiger partial charge >= 0.3 is 0 Å². The number of nitrogens with zero attached hydrogens (tertiary/aromatic N) is 1. The van der Waals surface area contributed by atoms with Crippen LogP contribution in [-0.2, 0) is 11.2 Å². The lowest BCUT2D eigenvalue weighted by Crippen LogP contribution is -2.52. The predicted octanol–water partition coefficient (Wildman–Crippen LogP) is 2.49. The fourth-order valence-corrected chi connectivity index (χ4v) is 4.03. The van der Waals surface area contributed by atoms with E-state index in [1.165, 1.54) is 18.4 Å². The molecule has 2 aliphatic rings. The van der Waals surface area contributed by atoms with E-state index in [0.717, 1.165) is 31.7 Å². The molecule has 4 nitrogen and oxygen atoms in total. The van der Waals surface area contributed by atoms with Gasteiger partial charge in [-0.1, -0.05) is 12.1 Å². The summed E-state index contributed by atoms with van der Waals surface area (Å²) in [7, 11) is 1.70. The molecule has 23 heavy (non-hydrogen) atoms. The Hall–Kier alpha value is -1.10. The average molecular weight is 319 g/mol. The van der Waals surface area contributed by atoms with Crippen molar-refractivity contribution in [2.24, 2.45) is 5.92 Å². The first-order chi connectivity index (χ1) is 11.1. The fraction of sp³-hybridized carbons (Fsp3) is 0.684. The molecule has 0 spiro atoms. The van der Waals surface area contributed by atoms with Gasteiger partial charge in [0.15, 0.2) is 0 Å². The quantitative estimate of drug-likeness (QED) is 0.905. The summed E-state index contributed by atoms with van der Waals surface area (Å²) in [5.74, 6) is 1.14. The predicted molar refractivity (Wildman–Crippen MR) is 90.8 cm³/mol. The number of benzene rings is 1. The Morgan fingerprint density at radius 2 is 2.13 bits per heavy atom. The maximum atomic E-state index is 10.7. The summed E-state index contributed by atoms with van der Waals surface area (Å²) in [4.78, 5) is 2.55. The highest BCUT2D eigenvalue weighted by Crippen LogP contribution is 2.35. The summed E-state index contributed by atoms with van der Waals surface area (Å²) in [5, 5.41) is 10.7. The molecule has 0 aliphatic carbocycles. The molecule has 0 amide bonds. The van der Waals surface area contributed by atoms with E-state index in [4.69, 9.17) is 9.47 Å². The molecule has 0 bridgehead atoms. The molecule has 0 saturated carbocycles. The van der Waals surface area contributed by atoms with Crippen LogP contribution in [0.15, 0.2) is 24.3 Å². The van der Waals surface area contributed by atoms with Gasteiger partial charge in [0.2, 0.25) is 0 Å². The monoisotopic (exact) mass is 319 g/mol. The zero-order valence-electron chi connectivity index (χ0n) is 14.3. The van der Waals surface area contributed by atoms with E-state index < -0.39 is 5.60 Å². The summed E-state index contributed by atoms with van der Waals surface area (Å²) in [6, 6.07) is 8.78. The van der Waals surface area contributed by atoms with Gasteiger partial charge in [-0.2, -0.15) is 0 Å². The van der Waals surface area contributed by atoms with E-state index in [9.17, 15) is 5.11 Å². The van der Waals surface area contributed by atoms with Crippen LogP contribution in [0.5, 0.6) is 5.75 Å². The smallest absolute Gasteiger partial charge is 0.118 e. The topological polar surface area (TPSA) is 41.9 Å². The highest BCUT2D eigenvalue weighted by molar-refractivity contribution is 5.27. The molecular formula is C19H29NO3. The van der Waals surface area contributed by atoms with Crippen molar-refractivity contribution < 1.29 is 14.6 Å². The highest BCUT2D eigenvalue weighted by Gasteiger charge is 2.43. The van der Waals surface area contributed by atoms with Crippen molar-refractivity contribution in [2.75, 3.05) is 33.4 Å². The van der Waals surface area contributed by atoms with Crippen LogP contribution in [0, 0.1) is 5.92 Å². The number of ether oxygens (including phenoxy) is 2. The minimum Gasteiger partial charge on any atom is -0.497 e. The SMILES string of the molecule is COc1ccc(CCN2CCCC2C2COCCC2(C)O)cc1. The molecule has 1 N–H and O–H groups in total. The fourth-order valence-electron chi connectivity index (χ4n) is 4.03. The molecule has 2 fully saturated rings. The van der Waals surface area contributed by atoms with E-state index in [-0.39, 0.29) is 5.92 Å². The van der Waals surface area contributed by atoms with Crippen LogP contribution in [0.25, 0.3) is 0 Å². The lowest BCUT2D eigenvalue weighted by atomic mass is 9.79. The van der Waals surface area contributed by atoms with Crippen LogP contribution >= 0.6 is 0 Å². The van der Waals surface area contributed by atoms with Crippen molar-refractivity contribution in [2.45, 2.75) is 44.2 Å². The number of likely N-dealkylation sites (tertiary alicyclic amines) is 1. The Labute approximate surface area is 139 Å². The third-order valence-electron chi connectivity index (χ3n) is 5.57. The number of aliphatic hydroxyl groups is 1. The Morgan fingerprint density at radius 3 is 2.83 bits per heavy atom. The zero-order chi connectivity index (χ0) is 16.3. The first-order valence-electron chi connectivity index (χ1n) is 8.77. The van der Waals surface area contributed by atoms with Gasteiger partial charge in [0, 0.05) is 25.1 Å². The van der Waals surface area contributed by atoms with Crippen LogP contribution in [0.1, 0.15) is 31.7 Å². The molecular weight excluding hydrogens is 290 g/mol. The van der Waals surface area contributed by atoms with Gasteiger partial charge in [0.05, 0.1) is 19.3 Å². The molecule has 1 aromatic rings. The summed E-state index contributed by atoms with van der Waals surface area (Å²) < 4.78 is 10.9. The lowest BCUT2D eigenvalue weighted by Gasteiger charge is -2.43. The van der Waals surface area contributed by atoms with Gasteiger partial charge in [0.25, 0.3) is 0 Å². The van der Waals surface area contributed by atoms with E-state index in [2.05, 4.69) is 17.0 Å². The Kier molecular flexibility index (Phi) is 5.24. The number of hydrogen-bond acceptors (Lipinski definition) is 4. The lowest BCUT2D eigenvalue weighted by molar-refractivity contribution is -0.122. The van der Waals surface area contributed by atoms with Crippen LogP contribution < -0.4 is 4.74 Å². The largest absolute Gasteiger partial charge is 0.497 e. The van der Waals surface area contributed by atoms with Gasteiger partial charge < -0.3 is 14.6 Å². The van der Waals surface area contributed by atoms with Crippen molar-refractivity contribution in [3.05, 3.63) is 29.8 Å². The number of rotatable bonds is 5. The zero-order valence-corrected chi connectivity index (χ0v) is 14.3. The van der Waals surface area contributed by atoms with E-state index in [0.29, 0.717) is 19.3 Å². The normalized spacial score (nSPS) is 32.1. The molecule has 2 aliphatic heterocycles. The molecule has 3 atom stereocenters. The molecule has 3 unspecified atom stereocenters. The van der Waals surface area contributed by atoms with Gasteiger partial charge in [0.1, 0.15) is 5.75 Å². The van der Waals surface area contributed by atoms with Gasteiger partial charge in [-0.05, 0) is 56.8 Å². The standard InChI is InChI=1S/C19H29NO3/c1-19(21)10-13-23-14-17(19)18-4-3-11-20(18)12-9-15-5-7-16(22-2)8-6-15/h5-8,17-18,21H,3-4,9-14H2,1-2H3. The number of hydrogen-bond donors (Lipinski definition) is 1. The van der Waals surface area contributed by atoms with Crippen molar-refractivity contribution in [3.8, 4) is 5.75 Å². The molecule has 128 valence electrons. The van der Waals surface area contributed by atoms with Crippen molar-refractivity contribution in [1.82, 2.24) is 4.90 Å². The van der Waals surface area contributed by atoms with E-state index in [1.54, 1.807) is 7.11 Å². The highest BCUT2D eigenvalue weighted by atomic mass is 16.5. The van der Waals surface area contributed by atoms with E-state index >= 15 is 0 Å². The summed E-state index contributed by atoms with van der Waals surface area (Å²) in [5.41, 5.74) is 0.745. The van der Waals surface area contributed by atoms with E-state index in [1.807, 2.05) is 19.1 Å². The second-order valence-corrected chi connectivity index (χ2v) is 7.13. The maximum Gasteiger partial charge on any atom is 0.118 e. The Bertz CT molecular complexity index is 500. The molecule has 2 heterocycles. The Morgan fingerprint density at radius 1 is 1.35 bits per heavy atom. The second-order valence-electron chi connectivity index (χ2n) is 7.13. The molecule has 2 saturated heterocycles. The minimum atomic E-state index is -0.592. The summed E-state index contributed by atoms with van der Waals surface area (Å²) in [6.45, 7) is 5.54. The maximum absolute atomic E-state index is 10.7. The van der Waals surface area contributed by atoms with Crippen molar-refractivity contribution in [1.29, 1.82) is 0 Å². The molecule has 4 heteroatoms. The molecule has 0 aromatic heterocycles. The van der Waals surface area contributed by atoms with Crippen LogP contribution in [0.3, 0.4) is 0 Å². The van der Waals surface area contributed by atoms with Crippen LogP contribution in [0.4, 0.5) is 0 Å². The number of methoxy groups -OCH3 is 1. The van der Waals surface area contributed by atoms with Crippen molar-refractivity contribution in [3.63, 3.8) is 0 Å². The first-order valence-corrected chi connectivity index (χ1v) is 8.77. The van der Waals surface area contributed by atoms with Crippen LogP contribution in [-0.4, -0.2) is 55.1 Å². The van der Waals surface area contributed by atoms with Gasteiger partial charge in [-0.25, -0.2) is 0 Å². The second kappa shape index (κ2) is 7.20. The van der Waals surface area contributed by atoms with Gasteiger partial charge in [-0.15, -0.1) is 0 Å². The summed E-state index contributed by atoms with van der Waals surface area (Å²) >= 11 is 0. The van der Waals surface area contributed by atoms with Crippen LogP contribution in [0.2, 0.25) is 0 Å². The third kappa shape index (κ3) is 3.87. The molecule has 3 rings (SSSR count). The first kappa shape index (κ1) is 16.7. The third-order valence-corrected chi connectivity index (χ3v) is 5.57. The molecule has 1 aromatic carbocycles.